The highest BCUT2D eigenvalue weighted by Crippen LogP contribution is 2.38. The molecule has 0 fully saturated rings. The van der Waals surface area contributed by atoms with Crippen molar-refractivity contribution < 1.29 is 13.0 Å². The Morgan fingerprint density at radius 3 is 1.58 bits per heavy atom. The van der Waals surface area contributed by atoms with Gasteiger partial charge < -0.3 is 0 Å². The van der Waals surface area contributed by atoms with Crippen molar-refractivity contribution in [3.63, 3.8) is 0 Å². The van der Waals surface area contributed by atoms with Crippen molar-refractivity contribution in [2.24, 2.45) is 0 Å². The van der Waals surface area contributed by atoms with E-state index in [9.17, 15) is 13.0 Å². The Hall–Kier alpha value is -2.86. The lowest BCUT2D eigenvalue weighted by atomic mass is 9.86. The summed E-state index contributed by atoms with van der Waals surface area (Å²) in [6, 6.07) is 34.0. The average molecular weight is 546 g/mol. The number of rotatable bonds is 9. The van der Waals surface area contributed by atoms with Crippen LogP contribution in [0.2, 0.25) is 0 Å². The number of hydrogen-bond donors (Lipinski definition) is 1. The predicted molar refractivity (Wildman–Crippen MR) is 158 cm³/mol. The first-order valence-corrected chi connectivity index (χ1v) is 15.8. The molecule has 198 valence electrons. The maximum atomic E-state index is 12.4. The van der Waals surface area contributed by atoms with Crippen LogP contribution in [-0.4, -0.2) is 13.0 Å². The van der Waals surface area contributed by atoms with Crippen molar-refractivity contribution in [2.75, 3.05) is 0 Å². The summed E-state index contributed by atoms with van der Waals surface area (Å²) in [7, 11) is -4.58. The van der Waals surface area contributed by atoms with Gasteiger partial charge in [-0.3, -0.25) is 4.55 Å². The Morgan fingerprint density at radius 1 is 0.684 bits per heavy atom. The van der Waals surface area contributed by atoms with Crippen LogP contribution >= 0.6 is 0 Å². The molecule has 0 aliphatic carbocycles. The van der Waals surface area contributed by atoms with E-state index >= 15 is 0 Å². The normalized spacial score (nSPS) is 12.9. The molecule has 0 heterocycles. The van der Waals surface area contributed by atoms with E-state index in [2.05, 4.69) is 91.9 Å². The van der Waals surface area contributed by atoms with E-state index in [0.29, 0.717) is 11.1 Å². The fraction of sp³-hybridized carbons (Fsp3) is 0.273. The van der Waals surface area contributed by atoms with E-state index in [-0.39, 0.29) is 33.5 Å². The van der Waals surface area contributed by atoms with Crippen molar-refractivity contribution in [3.8, 4) is 0 Å². The summed E-state index contributed by atoms with van der Waals surface area (Å²) in [5, 5.41) is 0. The molecule has 1 atom stereocenters. The Labute approximate surface area is 231 Å². The smallest absolute Gasteiger partial charge is 0.282 e. The van der Waals surface area contributed by atoms with E-state index in [4.69, 9.17) is 0 Å². The third-order valence-corrected chi connectivity index (χ3v) is 10.2. The zero-order valence-corrected chi connectivity index (χ0v) is 24.4. The van der Waals surface area contributed by atoms with Crippen LogP contribution in [0.3, 0.4) is 0 Å². The molecule has 5 heteroatoms. The van der Waals surface area contributed by atoms with Gasteiger partial charge >= 0.3 is 0 Å². The first-order chi connectivity index (χ1) is 18.1. The van der Waals surface area contributed by atoms with Gasteiger partial charge in [0.25, 0.3) is 10.1 Å². The first-order valence-electron chi connectivity index (χ1n) is 13.2. The van der Waals surface area contributed by atoms with Crippen LogP contribution in [0.25, 0.3) is 0 Å². The maximum absolute atomic E-state index is 12.4. The molecule has 0 saturated heterocycles. The zero-order valence-electron chi connectivity index (χ0n) is 22.8. The fourth-order valence-corrected chi connectivity index (χ4v) is 8.41. The minimum Gasteiger partial charge on any atom is -0.282 e. The van der Waals surface area contributed by atoms with Gasteiger partial charge in [0, 0.05) is 5.56 Å². The molecule has 0 amide bonds. The van der Waals surface area contributed by atoms with E-state index in [1.54, 1.807) is 0 Å². The van der Waals surface area contributed by atoms with Crippen LogP contribution in [0, 0.1) is 0 Å². The predicted octanol–water partition coefficient (Wildman–Crippen LogP) is 8.62. The SMILES string of the molecule is CC(C)c1cc(C(C)Cc2ccccc2[S+](c2ccccc2)c2ccccc2)cc(C(C)C)c1S(=O)(=O)O. The summed E-state index contributed by atoms with van der Waals surface area (Å²) in [6.45, 7) is 10.1. The second-order valence-electron chi connectivity index (χ2n) is 10.5. The molecule has 1 unspecified atom stereocenters. The highest BCUT2D eigenvalue weighted by molar-refractivity contribution is 7.97. The summed E-state index contributed by atoms with van der Waals surface area (Å²) in [5.74, 6) is 0.0790. The van der Waals surface area contributed by atoms with Gasteiger partial charge in [0.05, 0.1) is 10.9 Å². The topological polar surface area (TPSA) is 54.4 Å². The Bertz CT molecular complexity index is 1410. The lowest BCUT2D eigenvalue weighted by Gasteiger charge is -2.22. The molecule has 0 bridgehead atoms. The molecular formula is C33H37O3S2+. The Morgan fingerprint density at radius 2 is 1.13 bits per heavy atom. The van der Waals surface area contributed by atoms with Gasteiger partial charge in [-0.15, -0.1) is 0 Å². The van der Waals surface area contributed by atoms with Crippen LogP contribution < -0.4 is 0 Å². The first kappa shape index (κ1) is 28.2. The van der Waals surface area contributed by atoms with Crippen LogP contribution in [0.5, 0.6) is 0 Å². The van der Waals surface area contributed by atoms with Crippen molar-refractivity contribution in [1.29, 1.82) is 0 Å². The molecule has 4 rings (SSSR count). The Balaban J connectivity index is 1.80. The van der Waals surface area contributed by atoms with E-state index in [1.807, 2.05) is 39.8 Å². The molecule has 0 spiro atoms. The molecular weight excluding hydrogens is 508 g/mol. The van der Waals surface area contributed by atoms with Gasteiger partial charge in [0.2, 0.25) is 0 Å². The van der Waals surface area contributed by atoms with Gasteiger partial charge in [-0.1, -0.05) is 101 Å². The lowest BCUT2D eigenvalue weighted by Crippen LogP contribution is -2.13. The number of benzene rings is 4. The molecule has 0 saturated carbocycles. The lowest BCUT2D eigenvalue weighted by molar-refractivity contribution is 0.479. The fourth-order valence-electron chi connectivity index (χ4n) is 4.96. The van der Waals surface area contributed by atoms with E-state index in [0.717, 1.165) is 12.0 Å². The highest BCUT2D eigenvalue weighted by atomic mass is 32.2. The van der Waals surface area contributed by atoms with Gasteiger partial charge in [0.15, 0.2) is 14.7 Å². The molecule has 3 nitrogen and oxygen atoms in total. The van der Waals surface area contributed by atoms with E-state index in [1.165, 1.54) is 20.2 Å². The van der Waals surface area contributed by atoms with Gasteiger partial charge in [0.1, 0.15) is 4.90 Å². The summed E-state index contributed by atoms with van der Waals surface area (Å²) < 4.78 is 34.9. The Kier molecular flexibility index (Phi) is 8.81. The summed E-state index contributed by atoms with van der Waals surface area (Å²) in [5.41, 5.74) is 3.75. The van der Waals surface area contributed by atoms with E-state index < -0.39 is 10.1 Å². The third-order valence-electron chi connectivity index (χ3n) is 6.92. The summed E-state index contributed by atoms with van der Waals surface area (Å²) in [6.07, 6.45) is 0.819. The van der Waals surface area contributed by atoms with Crippen LogP contribution in [0.4, 0.5) is 0 Å². The molecule has 0 aliphatic rings. The minimum atomic E-state index is -4.33. The molecule has 0 aliphatic heterocycles. The van der Waals surface area contributed by atoms with Crippen molar-refractivity contribution in [3.05, 3.63) is 119 Å². The second kappa shape index (κ2) is 11.9. The second-order valence-corrected chi connectivity index (χ2v) is 13.8. The summed E-state index contributed by atoms with van der Waals surface area (Å²) >= 11 is 0. The third kappa shape index (κ3) is 6.23. The van der Waals surface area contributed by atoms with Gasteiger partial charge in [-0.25, -0.2) is 0 Å². The monoisotopic (exact) mass is 545 g/mol. The molecule has 4 aromatic carbocycles. The van der Waals surface area contributed by atoms with Gasteiger partial charge in [-0.2, -0.15) is 8.42 Å². The largest absolute Gasteiger partial charge is 0.295 e. The zero-order chi connectivity index (χ0) is 27.4. The molecule has 0 radical (unpaired) electrons. The molecule has 38 heavy (non-hydrogen) atoms. The highest BCUT2D eigenvalue weighted by Gasteiger charge is 2.32. The van der Waals surface area contributed by atoms with Crippen LogP contribution in [0.1, 0.15) is 74.6 Å². The summed E-state index contributed by atoms with van der Waals surface area (Å²) in [4.78, 5) is 3.94. The molecule has 1 N–H and O–H groups in total. The molecule has 4 aromatic rings. The van der Waals surface area contributed by atoms with Crippen molar-refractivity contribution >= 4 is 21.0 Å². The van der Waals surface area contributed by atoms with Crippen molar-refractivity contribution in [1.82, 2.24) is 0 Å². The van der Waals surface area contributed by atoms with Crippen LogP contribution in [0.15, 0.2) is 117 Å². The number of hydrogen-bond acceptors (Lipinski definition) is 2. The quantitative estimate of drug-likeness (QED) is 0.169. The maximum Gasteiger partial charge on any atom is 0.295 e. The average Bonchev–Trinajstić information content (AvgIpc) is 2.89. The molecule has 0 aromatic heterocycles. The van der Waals surface area contributed by atoms with Crippen LogP contribution in [-0.2, 0) is 27.4 Å². The van der Waals surface area contributed by atoms with Gasteiger partial charge in [-0.05, 0) is 71.2 Å². The standard InChI is InChI=1S/C33H36O3S2/c1-23(2)30-21-27(22-31(24(3)4)33(30)38(34,35)36)25(5)20-26-14-12-13-19-32(26)37(28-15-8-6-9-16-28)29-17-10-7-11-18-29/h6-19,21-25H,20H2,1-5H3/p+1. The minimum absolute atomic E-state index is 0.0362. The van der Waals surface area contributed by atoms with Crippen molar-refractivity contribution in [2.45, 2.75) is 78.4 Å².